The third kappa shape index (κ3) is 2.60. The molecule has 2 N–H and O–H groups in total. The summed E-state index contributed by atoms with van der Waals surface area (Å²) in [5.74, 6) is 0.0411. The summed E-state index contributed by atoms with van der Waals surface area (Å²) in [6, 6.07) is 1.82. The van der Waals surface area contributed by atoms with Crippen molar-refractivity contribution in [3.05, 3.63) is 11.5 Å². The lowest BCUT2D eigenvalue weighted by atomic mass is 10.4. The number of nitrogens with zero attached hydrogens (tertiary/aromatic N) is 1. The third-order valence-corrected chi connectivity index (χ3v) is 0.827. The van der Waals surface area contributed by atoms with Gasteiger partial charge in [0.25, 0.3) is 0 Å². The maximum absolute atomic E-state index is 8.74. The SMILES string of the molecule is CCNC(C#N)=C(C)O. The molecule has 0 unspecified atom stereocenters. The van der Waals surface area contributed by atoms with Crippen molar-refractivity contribution in [2.24, 2.45) is 0 Å². The number of allylic oxidation sites excluding steroid dienone is 2. The van der Waals surface area contributed by atoms with Gasteiger partial charge in [0.2, 0.25) is 0 Å². The molecule has 0 spiro atoms. The van der Waals surface area contributed by atoms with E-state index < -0.39 is 0 Å². The molecule has 0 aromatic heterocycles. The van der Waals surface area contributed by atoms with Crippen LogP contribution in [0.4, 0.5) is 0 Å². The van der Waals surface area contributed by atoms with Gasteiger partial charge in [-0.2, -0.15) is 5.26 Å². The van der Waals surface area contributed by atoms with Crippen LogP contribution in [-0.2, 0) is 0 Å². The van der Waals surface area contributed by atoms with Crippen LogP contribution in [-0.4, -0.2) is 11.7 Å². The largest absolute Gasteiger partial charge is 0.510 e. The van der Waals surface area contributed by atoms with Crippen LogP contribution in [0.5, 0.6) is 0 Å². The molecule has 0 saturated heterocycles. The van der Waals surface area contributed by atoms with Crippen LogP contribution in [0.15, 0.2) is 11.5 Å². The maximum Gasteiger partial charge on any atom is 0.151 e. The molecule has 0 aliphatic rings. The minimum Gasteiger partial charge on any atom is -0.510 e. The Morgan fingerprint density at radius 3 is 2.44 bits per heavy atom. The van der Waals surface area contributed by atoms with Crippen LogP contribution < -0.4 is 5.32 Å². The minimum atomic E-state index is 0.0411. The van der Waals surface area contributed by atoms with E-state index in [2.05, 4.69) is 5.32 Å². The Morgan fingerprint density at radius 1 is 1.78 bits per heavy atom. The van der Waals surface area contributed by atoms with E-state index >= 15 is 0 Å². The monoisotopic (exact) mass is 126 g/mol. The molecule has 0 rings (SSSR count). The Kier molecular flexibility index (Phi) is 3.29. The van der Waals surface area contributed by atoms with E-state index in [1.54, 1.807) is 0 Å². The second-order valence-electron chi connectivity index (χ2n) is 1.60. The van der Waals surface area contributed by atoms with Gasteiger partial charge >= 0.3 is 0 Å². The van der Waals surface area contributed by atoms with E-state index in [-0.39, 0.29) is 11.5 Å². The molecule has 0 fully saturated rings. The highest BCUT2D eigenvalue weighted by atomic mass is 16.3. The first-order valence-corrected chi connectivity index (χ1v) is 2.76. The predicted octanol–water partition coefficient (Wildman–Crippen LogP) is 0.909. The molecule has 0 amide bonds. The average Bonchev–Trinajstić information content (AvgIpc) is 1.82. The van der Waals surface area contributed by atoms with Crippen molar-refractivity contribution >= 4 is 0 Å². The fourth-order valence-electron chi connectivity index (χ4n) is 0.425. The molecule has 3 heteroatoms. The van der Waals surface area contributed by atoms with Crippen molar-refractivity contribution in [3.8, 4) is 6.07 Å². The zero-order valence-corrected chi connectivity index (χ0v) is 5.60. The summed E-state index contributed by atoms with van der Waals surface area (Å²) in [7, 11) is 0. The standard InChI is InChI=1S/C6H10N2O/c1-3-8-6(4-7)5(2)9/h8-9H,3H2,1-2H3. The molecule has 0 aromatic carbocycles. The molecule has 0 bridgehead atoms. The molecule has 0 heterocycles. The normalized spacial score (nSPS) is 11.7. The summed E-state index contributed by atoms with van der Waals surface area (Å²) in [4.78, 5) is 0. The molecule has 0 saturated carbocycles. The molecule has 0 aliphatic heterocycles. The van der Waals surface area contributed by atoms with Gasteiger partial charge in [-0.05, 0) is 13.8 Å². The lowest BCUT2D eigenvalue weighted by Crippen LogP contribution is -2.12. The van der Waals surface area contributed by atoms with Crippen molar-refractivity contribution in [2.75, 3.05) is 6.54 Å². The van der Waals surface area contributed by atoms with Gasteiger partial charge < -0.3 is 10.4 Å². The summed E-state index contributed by atoms with van der Waals surface area (Å²) >= 11 is 0. The van der Waals surface area contributed by atoms with E-state index in [0.29, 0.717) is 6.54 Å². The number of nitriles is 1. The van der Waals surface area contributed by atoms with Crippen LogP contribution in [0, 0.1) is 11.3 Å². The van der Waals surface area contributed by atoms with E-state index in [1.165, 1.54) is 6.92 Å². The van der Waals surface area contributed by atoms with E-state index in [1.807, 2.05) is 13.0 Å². The zero-order chi connectivity index (χ0) is 7.28. The second-order valence-corrected chi connectivity index (χ2v) is 1.60. The highest BCUT2D eigenvalue weighted by molar-refractivity contribution is 5.20. The number of hydrogen-bond acceptors (Lipinski definition) is 3. The Bertz CT molecular complexity index is 151. The Labute approximate surface area is 54.6 Å². The first-order valence-electron chi connectivity index (χ1n) is 2.76. The van der Waals surface area contributed by atoms with Crippen LogP contribution >= 0.6 is 0 Å². The molecular formula is C6H10N2O. The third-order valence-electron chi connectivity index (χ3n) is 0.827. The lowest BCUT2D eigenvalue weighted by molar-refractivity contribution is 0.404. The molecule has 0 atom stereocenters. The molecular weight excluding hydrogens is 116 g/mol. The zero-order valence-electron chi connectivity index (χ0n) is 5.60. The highest BCUT2D eigenvalue weighted by Gasteiger charge is 1.94. The Hall–Kier alpha value is -1.17. The topological polar surface area (TPSA) is 56.0 Å². The lowest BCUT2D eigenvalue weighted by Gasteiger charge is -1.98. The summed E-state index contributed by atoms with van der Waals surface area (Å²) in [5.41, 5.74) is 0.248. The molecule has 3 nitrogen and oxygen atoms in total. The highest BCUT2D eigenvalue weighted by Crippen LogP contribution is 1.92. The second kappa shape index (κ2) is 3.79. The Balaban J connectivity index is 4.04. The molecule has 0 aromatic rings. The van der Waals surface area contributed by atoms with Crippen LogP contribution in [0.3, 0.4) is 0 Å². The number of rotatable bonds is 2. The number of hydrogen-bond donors (Lipinski definition) is 2. The van der Waals surface area contributed by atoms with Crippen molar-refractivity contribution in [2.45, 2.75) is 13.8 Å². The van der Waals surface area contributed by atoms with Gasteiger partial charge in [-0.3, -0.25) is 0 Å². The van der Waals surface area contributed by atoms with E-state index in [4.69, 9.17) is 10.4 Å². The fourth-order valence-corrected chi connectivity index (χ4v) is 0.425. The van der Waals surface area contributed by atoms with Crippen molar-refractivity contribution in [3.63, 3.8) is 0 Å². The molecule has 9 heavy (non-hydrogen) atoms. The van der Waals surface area contributed by atoms with Crippen molar-refractivity contribution < 1.29 is 5.11 Å². The summed E-state index contributed by atoms with van der Waals surface area (Å²) in [6.07, 6.45) is 0. The summed E-state index contributed by atoms with van der Waals surface area (Å²) in [5, 5.41) is 19.7. The minimum absolute atomic E-state index is 0.0411. The number of nitrogens with one attached hydrogen (secondary N) is 1. The fraction of sp³-hybridized carbons (Fsp3) is 0.500. The average molecular weight is 126 g/mol. The van der Waals surface area contributed by atoms with Crippen LogP contribution in [0.1, 0.15) is 13.8 Å². The van der Waals surface area contributed by atoms with Gasteiger partial charge in [-0.25, -0.2) is 0 Å². The van der Waals surface area contributed by atoms with Gasteiger partial charge in [0.1, 0.15) is 11.8 Å². The van der Waals surface area contributed by atoms with E-state index in [0.717, 1.165) is 0 Å². The van der Waals surface area contributed by atoms with Gasteiger partial charge in [0, 0.05) is 6.54 Å². The smallest absolute Gasteiger partial charge is 0.151 e. The quantitative estimate of drug-likeness (QED) is 0.427. The first kappa shape index (κ1) is 7.83. The van der Waals surface area contributed by atoms with Crippen molar-refractivity contribution in [1.82, 2.24) is 5.32 Å². The summed E-state index contributed by atoms with van der Waals surface area (Å²) < 4.78 is 0. The van der Waals surface area contributed by atoms with Gasteiger partial charge in [-0.15, -0.1) is 0 Å². The predicted molar refractivity (Wildman–Crippen MR) is 34.6 cm³/mol. The van der Waals surface area contributed by atoms with Crippen LogP contribution in [0.2, 0.25) is 0 Å². The van der Waals surface area contributed by atoms with Gasteiger partial charge in [0.15, 0.2) is 5.70 Å². The molecule has 0 radical (unpaired) electrons. The Morgan fingerprint density at radius 2 is 2.33 bits per heavy atom. The summed E-state index contributed by atoms with van der Waals surface area (Å²) in [6.45, 7) is 3.99. The maximum atomic E-state index is 8.74. The molecule has 0 aliphatic carbocycles. The van der Waals surface area contributed by atoms with Crippen LogP contribution in [0.25, 0.3) is 0 Å². The number of aliphatic hydroxyl groups excluding tert-OH is 1. The van der Waals surface area contributed by atoms with Gasteiger partial charge in [0.05, 0.1) is 0 Å². The molecule has 50 valence electrons. The van der Waals surface area contributed by atoms with Crippen molar-refractivity contribution in [1.29, 1.82) is 5.26 Å². The van der Waals surface area contributed by atoms with E-state index in [9.17, 15) is 0 Å². The van der Waals surface area contributed by atoms with Gasteiger partial charge in [-0.1, -0.05) is 0 Å². The number of aliphatic hydroxyl groups is 1. The first-order chi connectivity index (χ1) is 4.22.